The summed E-state index contributed by atoms with van der Waals surface area (Å²) in [6, 6.07) is 3.98. The monoisotopic (exact) mass is 302 g/mol. The van der Waals surface area contributed by atoms with Crippen LogP contribution in [0.4, 0.5) is 17.6 Å². The largest absolute Gasteiger partial charge is 0.522 e. The highest BCUT2D eigenvalue weighted by molar-refractivity contribution is 9.10. The van der Waals surface area contributed by atoms with E-state index in [2.05, 4.69) is 20.7 Å². The molecule has 1 aromatic rings. The molecule has 0 fully saturated rings. The fourth-order valence-corrected chi connectivity index (χ4v) is 1.23. The average Bonchev–Trinajstić information content (AvgIpc) is 2.13. The minimum absolute atomic E-state index is 0.117. The van der Waals surface area contributed by atoms with E-state index in [1.165, 1.54) is 12.1 Å². The molecule has 0 atom stereocenters. The van der Waals surface area contributed by atoms with Crippen molar-refractivity contribution in [3.63, 3.8) is 0 Å². The molecule has 0 heterocycles. The number of ether oxygens (including phenoxy) is 2. The minimum Gasteiger partial charge on any atom is -0.488 e. The predicted molar refractivity (Wildman–Crippen MR) is 51.6 cm³/mol. The van der Waals surface area contributed by atoms with Crippen LogP contribution in [-0.2, 0) is 4.74 Å². The Morgan fingerprint density at radius 3 is 2.44 bits per heavy atom. The van der Waals surface area contributed by atoms with Crippen molar-refractivity contribution in [1.82, 2.24) is 0 Å². The molecule has 2 nitrogen and oxygen atoms in total. The number of alkyl halides is 3. The molecule has 0 aromatic heterocycles. The summed E-state index contributed by atoms with van der Waals surface area (Å²) >= 11 is 3.04. The third-order valence-corrected chi connectivity index (χ3v) is 1.99. The summed E-state index contributed by atoms with van der Waals surface area (Å²) in [5.74, 6) is -0.768. The molecular weight excluding hydrogens is 296 g/mol. The lowest BCUT2D eigenvalue weighted by Crippen LogP contribution is -2.18. The van der Waals surface area contributed by atoms with Crippen molar-refractivity contribution in [2.75, 3.05) is 13.2 Å². The second-order valence-corrected chi connectivity index (χ2v) is 3.63. The summed E-state index contributed by atoms with van der Waals surface area (Å²) in [4.78, 5) is 0. The summed E-state index contributed by atoms with van der Waals surface area (Å²) in [7, 11) is 0. The highest BCUT2D eigenvalue weighted by atomic mass is 79.9. The van der Waals surface area contributed by atoms with Gasteiger partial charge < -0.3 is 4.74 Å². The zero-order chi connectivity index (χ0) is 12.2. The first-order chi connectivity index (χ1) is 7.38. The Hall–Kier alpha value is -0.820. The predicted octanol–water partition coefficient (Wildman–Crippen LogP) is 3.50. The van der Waals surface area contributed by atoms with Gasteiger partial charge in [-0.25, -0.2) is 4.39 Å². The summed E-state index contributed by atoms with van der Waals surface area (Å²) < 4.78 is 56.5. The second-order valence-electron chi connectivity index (χ2n) is 2.72. The van der Waals surface area contributed by atoms with E-state index in [4.69, 9.17) is 4.74 Å². The fraction of sp³-hybridized carbons (Fsp3) is 0.333. The number of rotatable bonds is 4. The first-order valence-corrected chi connectivity index (χ1v) is 4.96. The molecule has 0 saturated carbocycles. The van der Waals surface area contributed by atoms with Crippen LogP contribution >= 0.6 is 15.9 Å². The molecule has 0 aliphatic heterocycles. The molecule has 1 aromatic carbocycles. The van der Waals surface area contributed by atoms with Gasteiger partial charge in [-0.05, 0) is 18.2 Å². The van der Waals surface area contributed by atoms with Gasteiger partial charge in [0.15, 0.2) is 11.6 Å². The Morgan fingerprint density at radius 2 is 1.88 bits per heavy atom. The molecule has 0 unspecified atom stereocenters. The van der Waals surface area contributed by atoms with Crippen molar-refractivity contribution in [2.24, 2.45) is 0 Å². The normalized spacial score (nSPS) is 11.6. The van der Waals surface area contributed by atoms with Gasteiger partial charge in [-0.1, -0.05) is 15.9 Å². The Balaban J connectivity index is 2.38. The quantitative estimate of drug-likeness (QED) is 0.626. The van der Waals surface area contributed by atoms with Gasteiger partial charge in [0.2, 0.25) is 0 Å². The van der Waals surface area contributed by atoms with Crippen LogP contribution in [0.25, 0.3) is 0 Å². The van der Waals surface area contributed by atoms with Gasteiger partial charge >= 0.3 is 6.36 Å². The van der Waals surface area contributed by atoms with Crippen LogP contribution in [0, 0.1) is 5.82 Å². The van der Waals surface area contributed by atoms with E-state index in [1.54, 1.807) is 0 Å². The maximum Gasteiger partial charge on any atom is 0.522 e. The standard InChI is InChI=1S/C9H7BrF4O2/c10-6-1-2-8(7(11)5-6)15-3-4-16-9(12,13)14/h1-2,5H,3-4H2. The molecule has 0 aliphatic rings. The molecule has 0 amide bonds. The van der Waals surface area contributed by atoms with Crippen molar-refractivity contribution in [3.05, 3.63) is 28.5 Å². The van der Waals surface area contributed by atoms with E-state index >= 15 is 0 Å². The maximum atomic E-state index is 13.1. The molecule has 0 spiro atoms. The van der Waals surface area contributed by atoms with Gasteiger partial charge in [-0.2, -0.15) is 0 Å². The van der Waals surface area contributed by atoms with Crippen molar-refractivity contribution in [3.8, 4) is 5.75 Å². The molecule has 0 saturated heterocycles. The lowest BCUT2D eigenvalue weighted by atomic mass is 10.3. The molecule has 0 N–H and O–H groups in total. The first-order valence-electron chi connectivity index (χ1n) is 4.17. The third kappa shape index (κ3) is 4.80. The Kier molecular flexibility index (Phi) is 4.55. The first kappa shape index (κ1) is 13.2. The van der Waals surface area contributed by atoms with E-state index < -0.39 is 18.8 Å². The molecule has 90 valence electrons. The molecule has 0 radical (unpaired) electrons. The maximum absolute atomic E-state index is 13.1. The van der Waals surface area contributed by atoms with Gasteiger partial charge in [-0.15, -0.1) is 13.2 Å². The zero-order valence-electron chi connectivity index (χ0n) is 7.85. The van der Waals surface area contributed by atoms with Crippen molar-refractivity contribution < 1.29 is 27.0 Å². The number of hydrogen-bond acceptors (Lipinski definition) is 2. The number of hydrogen-bond donors (Lipinski definition) is 0. The number of halogens is 5. The van der Waals surface area contributed by atoms with Gasteiger partial charge in [0.1, 0.15) is 6.61 Å². The molecular formula is C9H7BrF4O2. The van der Waals surface area contributed by atoms with Crippen molar-refractivity contribution in [1.29, 1.82) is 0 Å². The fourth-order valence-electron chi connectivity index (χ4n) is 0.901. The Morgan fingerprint density at radius 1 is 1.19 bits per heavy atom. The van der Waals surface area contributed by atoms with E-state index in [1.807, 2.05) is 0 Å². The van der Waals surface area contributed by atoms with Gasteiger partial charge in [0.05, 0.1) is 6.61 Å². The van der Waals surface area contributed by atoms with Crippen molar-refractivity contribution in [2.45, 2.75) is 6.36 Å². The smallest absolute Gasteiger partial charge is 0.488 e. The van der Waals surface area contributed by atoms with E-state index in [-0.39, 0.29) is 12.4 Å². The minimum atomic E-state index is -4.69. The molecule has 0 aliphatic carbocycles. The highest BCUT2D eigenvalue weighted by Gasteiger charge is 2.28. The number of benzene rings is 1. The van der Waals surface area contributed by atoms with Crippen LogP contribution in [-0.4, -0.2) is 19.6 Å². The summed E-state index contributed by atoms with van der Waals surface area (Å²) in [5, 5.41) is 0. The lowest BCUT2D eigenvalue weighted by Gasteiger charge is -2.09. The Labute approximate surface area is 97.3 Å². The van der Waals surface area contributed by atoms with Crippen LogP contribution in [0.5, 0.6) is 5.75 Å². The molecule has 0 bridgehead atoms. The molecule has 16 heavy (non-hydrogen) atoms. The summed E-state index contributed by atoms with van der Waals surface area (Å²) in [5.41, 5.74) is 0. The molecule has 1 rings (SSSR count). The second kappa shape index (κ2) is 5.49. The highest BCUT2D eigenvalue weighted by Crippen LogP contribution is 2.21. The summed E-state index contributed by atoms with van der Waals surface area (Å²) in [6.45, 7) is -1.06. The van der Waals surface area contributed by atoms with Gasteiger partial charge in [-0.3, -0.25) is 4.74 Å². The lowest BCUT2D eigenvalue weighted by molar-refractivity contribution is -0.325. The van der Waals surface area contributed by atoms with E-state index in [0.717, 1.165) is 6.07 Å². The third-order valence-electron chi connectivity index (χ3n) is 1.50. The van der Waals surface area contributed by atoms with Crippen LogP contribution in [0.15, 0.2) is 22.7 Å². The van der Waals surface area contributed by atoms with Crippen molar-refractivity contribution >= 4 is 15.9 Å². The van der Waals surface area contributed by atoms with Crippen LogP contribution < -0.4 is 4.74 Å². The van der Waals surface area contributed by atoms with Crippen LogP contribution in [0.3, 0.4) is 0 Å². The van der Waals surface area contributed by atoms with Crippen LogP contribution in [0.2, 0.25) is 0 Å². The van der Waals surface area contributed by atoms with Crippen LogP contribution in [0.1, 0.15) is 0 Å². The summed E-state index contributed by atoms with van der Waals surface area (Å²) in [6.07, 6.45) is -4.69. The van der Waals surface area contributed by atoms with Gasteiger partial charge in [0.25, 0.3) is 0 Å². The van der Waals surface area contributed by atoms with E-state index in [0.29, 0.717) is 4.47 Å². The average molecular weight is 303 g/mol. The SMILES string of the molecule is Fc1cc(Br)ccc1OCCOC(F)(F)F. The van der Waals surface area contributed by atoms with E-state index in [9.17, 15) is 17.6 Å². The Bertz CT molecular complexity index is 354. The van der Waals surface area contributed by atoms with Gasteiger partial charge in [0, 0.05) is 4.47 Å². The topological polar surface area (TPSA) is 18.5 Å². The molecule has 7 heteroatoms. The zero-order valence-corrected chi connectivity index (χ0v) is 9.44.